The minimum Gasteiger partial charge on any atom is -0.317 e. The number of thiophene rings is 1. The first-order chi connectivity index (χ1) is 7.90. The summed E-state index contributed by atoms with van der Waals surface area (Å²) in [6.07, 6.45) is 9.77. The Morgan fingerprint density at radius 3 is 2.81 bits per heavy atom. The molecule has 1 heterocycles. The molecule has 2 rings (SSSR count). The smallest absolute Gasteiger partial charge is 0.00954 e. The molecule has 1 unspecified atom stereocenters. The molecule has 90 valence electrons. The monoisotopic (exact) mass is 237 g/mol. The van der Waals surface area contributed by atoms with Gasteiger partial charge in [0, 0.05) is 6.04 Å². The third-order valence-corrected chi connectivity index (χ3v) is 4.65. The van der Waals surface area contributed by atoms with Gasteiger partial charge in [0.15, 0.2) is 0 Å². The van der Waals surface area contributed by atoms with Gasteiger partial charge < -0.3 is 5.32 Å². The van der Waals surface area contributed by atoms with Gasteiger partial charge in [0.1, 0.15) is 0 Å². The van der Waals surface area contributed by atoms with E-state index in [2.05, 4.69) is 29.2 Å². The SMILES string of the molecule is CNC(CCc1ccsc1)C1CCCCC1. The van der Waals surface area contributed by atoms with Crippen molar-refractivity contribution in [3.8, 4) is 0 Å². The van der Waals surface area contributed by atoms with Crippen molar-refractivity contribution in [3.63, 3.8) is 0 Å². The van der Waals surface area contributed by atoms with Crippen LogP contribution in [0.3, 0.4) is 0 Å². The van der Waals surface area contributed by atoms with Crippen molar-refractivity contribution in [2.45, 2.75) is 51.0 Å². The zero-order chi connectivity index (χ0) is 11.2. The third kappa shape index (κ3) is 3.33. The summed E-state index contributed by atoms with van der Waals surface area (Å²) in [6, 6.07) is 3.00. The van der Waals surface area contributed by atoms with Gasteiger partial charge in [-0.2, -0.15) is 11.3 Å². The van der Waals surface area contributed by atoms with Gasteiger partial charge in [0.25, 0.3) is 0 Å². The first kappa shape index (κ1) is 12.1. The van der Waals surface area contributed by atoms with Crippen LogP contribution in [0.1, 0.15) is 44.1 Å². The van der Waals surface area contributed by atoms with Gasteiger partial charge in [0.05, 0.1) is 0 Å². The molecule has 1 atom stereocenters. The van der Waals surface area contributed by atoms with E-state index < -0.39 is 0 Å². The predicted molar refractivity (Wildman–Crippen MR) is 72.1 cm³/mol. The molecule has 0 saturated heterocycles. The van der Waals surface area contributed by atoms with Crippen LogP contribution in [0.2, 0.25) is 0 Å². The van der Waals surface area contributed by atoms with Crippen LogP contribution in [-0.4, -0.2) is 13.1 Å². The van der Waals surface area contributed by atoms with E-state index in [0.29, 0.717) is 0 Å². The maximum atomic E-state index is 3.54. The van der Waals surface area contributed by atoms with Crippen LogP contribution >= 0.6 is 11.3 Å². The van der Waals surface area contributed by atoms with E-state index >= 15 is 0 Å². The fourth-order valence-electron chi connectivity index (χ4n) is 2.91. The van der Waals surface area contributed by atoms with Crippen LogP contribution in [0.25, 0.3) is 0 Å². The molecule has 1 fully saturated rings. The molecule has 1 aromatic rings. The molecule has 1 aliphatic rings. The summed E-state index contributed by atoms with van der Waals surface area (Å²) >= 11 is 1.81. The first-order valence-corrected chi connectivity index (χ1v) is 7.53. The van der Waals surface area contributed by atoms with Crippen LogP contribution in [0.4, 0.5) is 0 Å². The lowest BCUT2D eigenvalue weighted by atomic mass is 9.82. The third-order valence-electron chi connectivity index (χ3n) is 3.91. The molecule has 1 nitrogen and oxygen atoms in total. The molecule has 0 bridgehead atoms. The van der Waals surface area contributed by atoms with Crippen molar-refractivity contribution >= 4 is 11.3 Å². The van der Waals surface area contributed by atoms with Crippen molar-refractivity contribution in [3.05, 3.63) is 22.4 Å². The summed E-state index contributed by atoms with van der Waals surface area (Å²) in [4.78, 5) is 0. The van der Waals surface area contributed by atoms with Crippen molar-refractivity contribution in [1.82, 2.24) is 5.32 Å². The first-order valence-electron chi connectivity index (χ1n) is 6.58. The molecule has 0 radical (unpaired) electrons. The maximum absolute atomic E-state index is 3.54. The van der Waals surface area contributed by atoms with Gasteiger partial charge in [-0.3, -0.25) is 0 Å². The Morgan fingerprint density at radius 2 is 2.19 bits per heavy atom. The lowest BCUT2D eigenvalue weighted by molar-refractivity contribution is 0.268. The number of hydrogen-bond acceptors (Lipinski definition) is 2. The zero-order valence-corrected chi connectivity index (χ0v) is 11.1. The Balaban J connectivity index is 1.80. The molecule has 16 heavy (non-hydrogen) atoms. The minimum atomic E-state index is 0.736. The predicted octanol–water partition coefficient (Wildman–Crippen LogP) is 3.85. The van der Waals surface area contributed by atoms with E-state index in [1.807, 2.05) is 11.3 Å². The van der Waals surface area contributed by atoms with Crippen molar-refractivity contribution < 1.29 is 0 Å². The topological polar surface area (TPSA) is 12.0 Å². The molecule has 1 aliphatic carbocycles. The second kappa shape index (κ2) is 6.41. The van der Waals surface area contributed by atoms with Gasteiger partial charge >= 0.3 is 0 Å². The number of nitrogens with one attached hydrogen (secondary N) is 1. The van der Waals surface area contributed by atoms with Crippen LogP contribution in [0.5, 0.6) is 0 Å². The summed E-state index contributed by atoms with van der Waals surface area (Å²) < 4.78 is 0. The molecule has 1 saturated carbocycles. The molecular weight excluding hydrogens is 214 g/mol. The second-order valence-corrected chi connectivity index (χ2v) is 5.74. The van der Waals surface area contributed by atoms with Gasteiger partial charge in [-0.1, -0.05) is 19.3 Å². The average molecular weight is 237 g/mol. The normalized spacial score (nSPS) is 19.8. The van der Waals surface area contributed by atoms with E-state index in [0.717, 1.165) is 12.0 Å². The molecule has 1 N–H and O–H groups in total. The van der Waals surface area contributed by atoms with Crippen molar-refractivity contribution in [1.29, 1.82) is 0 Å². The van der Waals surface area contributed by atoms with Crippen LogP contribution < -0.4 is 5.32 Å². The molecule has 0 spiro atoms. The minimum absolute atomic E-state index is 0.736. The molecule has 2 heteroatoms. The van der Waals surface area contributed by atoms with Gasteiger partial charge in [-0.25, -0.2) is 0 Å². The number of rotatable bonds is 5. The van der Waals surface area contributed by atoms with Crippen LogP contribution in [0.15, 0.2) is 16.8 Å². The lowest BCUT2D eigenvalue weighted by Gasteiger charge is -2.30. The highest BCUT2D eigenvalue weighted by Gasteiger charge is 2.21. The fraction of sp³-hybridized carbons (Fsp3) is 0.714. The van der Waals surface area contributed by atoms with E-state index in [9.17, 15) is 0 Å². The highest BCUT2D eigenvalue weighted by Crippen LogP contribution is 2.28. The fourth-order valence-corrected chi connectivity index (χ4v) is 3.61. The Bertz CT molecular complexity index is 275. The van der Waals surface area contributed by atoms with Gasteiger partial charge in [-0.05, 0) is 61.0 Å². The summed E-state index contributed by atoms with van der Waals surface area (Å²) in [7, 11) is 2.13. The number of aryl methyl sites for hydroxylation is 1. The van der Waals surface area contributed by atoms with E-state index in [4.69, 9.17) is 0 Å². The Kier molecular flexibility index (Phi) is 4.86. The number of hydrogen-bond donors (Lipinski definition) is 1. The summed E-state index contributed by atoms with van der Waals surface area (Å²) in [5.41, 5.74) is 1.51. The molecular formula is C14H23NS. The van der Waals surface area contributed by atoms with E-state index in [1.165, 1.54) is 50.5 Å². The summed E-state index contributed by atoms with van der Waals surface area (Å²) in [5.74, 6) is 0.928. The average Bonchev–Trinajstić information content (AvgIpc) is 2.84. The van der Waals surface area contributed by atoms with Gasteiger partial charge in [-0.15, -0.1) is 0 Å². The summed E-state index contributed by atoms with van der Waals surface area (Å²) in [5, 5.41) is 8.01. The molecule has 0 aliphatic heterocycles. The molecule has 0 amide bonds. The van der Waals surface area contributed by atoms with Crippen LogP contribution in [0, 0.1) is 5.92 Å². The molecule has 1 aromatic heterocycles. The van der Waals surface area contributed by atoms with E-state index in [1.54, 1.807) is 0 Å². The summed E-state index contributed by atoms with van der Waals surface area (Å²) in [6.45, 7) is 0. The molecule has 0 aromatic carbocycles. The lowest BCUT2D eigenvalue weighted by Crippen LogP contribution is -2.35. The largest absolute Gasteiger partial charge is 0.317 e. The standard InChI is InChI=1S/C14H23NS/c1-15-14(13-5-3-2-4-6-13)8-7-12-9-10-16-11-12/h9-11,13-15H,2-8H2,1H3. The Hall–Kier alpha value is -0.340. The zero-order valence-electron chi connectivity index (χ0n) is 10.2. The van der Waals surface area contributed by atoms with Crippen LogP contribution in [-0.2, 0) is 6.42 Å². The van der Waals surface area contributed by atoms with Crippen molar-refractivity contribution in [2.75, 3.05) is 7.05 Å². The Morgan fingerprint density at radius 1 is 1.38 bits per heavy atom. The van der Waals surface area contributed by atoms with E-state index in [-0.39, 0.29) is 0 Å². The second-order valence-electron chi connectivity index (χ2n) is 4.96. The maximum Gasteiger partial charge on any atom is 0.00954 e. The Labute approximate surface area is 103 Å². The van der Waals surface area contributed by atoms with Crippen molar-refractivity contribution in [2.24, 2.45) is 5.92 Å². The quantitative estimate of drug-likeness (QED) is 0.820. The highest BCUT2D eigenvalue weighted by molar-refractivity contribution is 7.07. The highest BCUT2D eigenvalue weighted by atomic mass is 32.1. The van der Waals surface area contributed by atoms with Gasteiger partial charge in [0.2, 0.25) is 0 Å².